The zero-order chi connectivity index (χ0) is 15.4. The number of hydrogen-bond donors (Lipinski definition) is 1. The van der Waals surface area contributed by atoms with Crippen molar-refractivity contribution in [2.75, 3.05) is 11.6 Å². The first kappa shape index (κ1) is 16.1. The minimum absolute atomic E-state index is 0.134. The van der Waals surface area contributed by atoms with Crippen molar-refractivity contribution in [3.8, 4) is 0 Å². The topological polar surface area (TPSA) is 73.0 Å². The van der Waals surface area contributed by atoms with Crippen LogP contribution >= 0.6 is 11.8 Å². The van der Waals surface area contributed by atoms with Crippen molar-refractivity contribution in [3.05, 3.63) is 15.8 Å². The van der Waals surface area contributed by atoms with Crippen molar-refractivity contribution >= 4 is 23.3 Å². The van der Waals surface area contributed by atoms with Crippen LogP contribution in [0.2, 0.25) is 0 Å². The highest BCUT2D eigenvalue weighted by Gasteiger charge is 2.29. The number of rotatable bonds is 6. The summed E-state index contributed by atoms with van der Waals surface area (Å²) in [4.78, 5) is 11.0. The van der Waals surface area contributed by atoms with Crippen LogP contribution in [0.15, 0.2) is 0 Å². The SMILES string of the molecule is CCCn1nc(C)c([N+](=O)[O-])c1NC1CCCC(SC)C1. The maximum atomic E-state index is 11.3. The van der Waals surface area contributed by atoms with E-state index in [0.29, 0.717) is 29.3 Å². The maximum Gasteiger partial charge on any atom is 0.333 e. The minimum Gasteiger partial charge on any atom is -0.362 e. The van der Waals surface area contributed by atoms with Gasteiger partial charge < -0.3 is 5.32 Å². The first-order chi connectivity index (χ1) is 10.1. The van der Waals surface area contributed by atoms with Crippen LogP contribution in [0.25, 0.3) is 0 Å². The molecule has 7 heteroatoms. The number of nitrogens with zero attached hydrogens (tertiary/aromatic N) is 3. The van der Waals surface area contributed by atoms with Crippen LogP contribution in [-0.4, -0.2) is 32.3 Å². The molecular weight excluding hydrogens is 288 g/mol. The number of thioether (sulfide) groups is 1. The Balaban J connectivity index is 2.22. The maximum absolute atomic E-state index is 11.3. The Morgan fingerprint density at radius 2 is 2.29 bits per heavy atom. The van der Waals surface area contributed by atoms with Crippen molar-refractivity contribution in [3.63, 3.8) is 0 Å². The molecular formula is C14H24N4O2S. The largest absolute Gasteiger partial charge is 0.362 e. The molecule has 1 heterocycles. The second-order valence-corrected chi connectivity index (χ2v) is 6.77. The molecule has 1 aliphatic rings. The standard InChI is InChI=1S/C14H24N4O2S/c1-4-8-17-14(13(18(19)20)10(2)16-17)15-11-6-5-7-12(9-11)21-3/h11-12,15H,4-9H2,1-3H3. The van der Waals surface area contributed by atoms with Crippen molar-refractivity contribution in [1.82, 2.24) is 9.78 Å². The van der Waals surface area contributed by atoms with E-state index in [1.807, 2.05) is 11.8 Å². The highest BCUT2D eigenvalue weighted by molar-refractivity contribution is 7.99. The molecule has 1 aromatic rings. The van der Waals surface area contributed by atoms with Gasteiger partial charge >= 0.3 is 5.69 Å². The molecule has 118 valence electrons. The molecule has 0 saturated heterocycles. The van der Waals surface area contributed by atoms with Crippen molar-refractivity contribution in [1.29, 1.82) is 0 Å². The zero-order valence-corrected chi connectivity index (χ0v) is 13.8. The van der Waals surface area contributed by atoms with Gasteiger partial charge in [-0.3, -0.25) is 10.1 Å². The molecule has 1 saturated carbocycles. The van der Waals surface area contributed by atoms with Crippen molar-refractivity contribution in [2.45, 2.75) is 63.8 Å². The first-order valence-electron chi connectivity index (χ1n) is 7.57. The molecule has 2 rings (SSSR count). The molecule has 0 aliphatic heterocycles. The molecule has 2 atom stereocenters. The number of hydrogen-bond acceptors (Lipinski definition) is 5. The predicted molar refractivity (Wildman–Crippen MR) is 87.1 cm³/mol. The lowest BCUT2D eigenvalue weighted by atomic mass is 9.95. The predicted octanol–water partition coefficient (Wildman–Crippen LogP) is 3.60. The second-order valence-electron chi connectivity index (χ2n) is 5.63. The molecule has 1 fully saturated rings. The summed E-state index contributed by atoms with van der Waals surface area (Å²) in [6.45, 7) is 4.47. The summed E-state index contributed by atoms with van der Waals surface area (Å²) in [5.41, 5.74) is 0.628. The number of aromatic nitrogens is 2. The van der Waals surface area contributed by atoms with Crippen LogP contribution in [-0.2, 0) is 6.54 Å². The quantitative estimate of drug-likeness (QED) is 0.642. The Bertz CT molecular complexity index is 503. The van der Waals surface area contributed by atoms with E-state index in [1.165, 1.54) is 12.8 Å². The van der Waals surface area contributed by atoms with Gasteiger partial charge in [-0.15, -0.1) is 0 Å². The summed E-state index contributed by atoms with van der Waals surface area (Å²) in [6.07, 6.45) is 7.61. The third kappa shape index (κ3) is 3.70. The third-order valence-corrected chi connectivity index (χ3v) is 5.11. The molecule has 1 N–H and O–H groups in total. The van der Waals surface area contributed by atoms with Gasteiger partial charge in [0, 0.05) is 17.8 Å². The Kier molecular flexibility index (Phi) is 5.50. The second kappa shape index (κ2) is 7.15. The highest BCUT2D eigenvalue weighted by Crippen LogP contribution is 2.33. The Morgan fingerprint density at radius 3 is 2.90 bits per heavy atom. The molecule has 0 amide bonds. The monoisotopic (exact) mass is 312 g/mol. The van der Waals surface area contributed by atoms with Gasteiger partial charge in [0.05, 0.1) is 4.92 Å². The van der Waals surface area contributed by atoms with Crippen LogP contribution in [0, 0.1) is 17.0 Å². The van der Waals surface area contributed by atoms with Gasteiger partial charge in [-0.2, -0.15) is 16.9 Å². The molecule has 0 radical (unpaired) electrons. The molecule has 1 aromatic heterocycles. The summed E-state index contributed by atoms with van der Waals surface area (Å²) in [7, 11) is 0. The van der Waals surface area contributed by atoms with Gasteiger partial charge in [-0.1, -0.05) is 13.3 Å². The molecule has 0 aromatic carbocycles. The van der Waals surface area contributed by atoms with E-state index in [1.54, 1.807) is 11.6 Å². The number of nitro groups is 1. The van der Waals surface area contributed by atoms with E-state index >= 15 is 0 Å². The summed E-state index contributed by atoms with van der Waals surface area (Å²) in [5, 5.41) is 19.7. The lowest BCUT2D eigenvalue weighted by Gasteiger charge is -2.29. The fourth-order valence-corrected chi connectivity index (χ4v) is 3.82. The van der Waals surface area contributed by atoms with E-state index in [0.717, 1.165) is 19.3 Å². The zero-order valence-electron chi connectivity index (χ0n) is 13.0. The summed E-state index contributed by atoms with van der Waals surface area (Å²) in [6, 6.07) is 0.307. The fraction of sp³-hybridized carbons (Fsp3) is 0.786. The molecule has 0 bridgehead atoms. The van der Waals surface area contributed by atoms with Gasteiger partial charge in [-0.25, -0.2) is 4.68 Å². The lowest BCUT2D eigenvalue weighted by Crippen LogP contribution is -2.29. The first-order valence-corrected chi connectivity index (χ1v) is 8.86. The highest BCUT2D eigenvalue weighted by atomic mass is 32.2. The van der Waals surface area contributed by atoms with Crippen LogP contribution in [0.1, 0.15) is 44.7 Å². The summed E-state index contributed by atoms with van der Waals surface area (Å²) in [5.74, 6) is 0.589. The third-order valence-electron chi connectivity index (χ3n) is 4.01. The summed E-state index contributed by atoms with van der Waals surface area (Å²) < 4.78 is 1.76. The van der Waals surface area contributed by atoms with Crippen LogP contribution in [0.3, 0.4) is 0 Å². The smallest absolute Gasteiger partial charge is 0.333 e. The molecule has 2 unspecified atom stereocenters. The molecule has 0 spiro atoms. The van der Waals surface area contributed by atoms with Gasteiger partial charge in [0.2, 0.25) is 5.82 Å². The van der Waals surface area contributed by atoms with E-state index in [-0.39, 0.29) is 10.6 Å². The molecule has 1 aliphatic carbocycles. The molecule has 6 nitrogen and oxygen atoms in total. The van der Waals surface area contributed by atoms with Crippen molar-refractivity contribution < 1.29 is 4.92 Å². The Morgan fingerprint density at radius 1 is 1.52 bits per heavy atom. The van der Waals surface area contributed by atoms with Gasteiger partial charge in [-0.05, 0) is 38.9 Å². The summed E-state index contributed by atoms with van der Waals surface area (Å²) >= 11 is 1.89. The van der Waals surface area contributed by atoms with Crippen LogP contribution in [0.4, 0.5) is 11.5 Å². The van der Waals surface area contributed by atoms with Gasteiger partial charge in [0.1, 0.15) is 5.69 Å². The van der Waals surface area contributed by atoms with Crippen LogP contribution < -0.4 is 5.32 Å². The van der Waals surface area contributed by atoms with E-state index in [4.69, 9.17) is 0 Å². The van der Waals surface area contributed by atoms with E-state index in [9.17, 15) is 10.1 Å². The number of anilines is 1. The molecule has 21 heavy (non-hydrogen) atoms. The fourth-order valence-electron chi connectivity index (χ4n) is 2.99. The Hall–Kier alpha value is -1.24. The minimum atomic E-state index is -0.314. The van der Waals surface area contributed by atoms with Gasteiger partial charge in [0.25, 0.3) is 0 Å². The number of nitrogens with one attached hydrogen (secondary N) is 1. The van der Waals surface area contributed by atoms with Crippen molar-refractivity contribution in [2.24, 2.45) is 0 Å². The normalized spacial score (nSPS) is 22.2. The lowest BCUT2D eigenvalue weighted by molar-refractivity contribution is -0.384. The van der Waals surface area contributed by atoms with E-state index < -0.39 is 0 Å². The Labute approximate surface area is 129 Å². The van der Waals surface area contributed by atoms with Gasteiger partial charge in [0.15, 0.2) is 0 Å². The average molecular weight is 312 g/mol. The average Bonchev–Trinajstić information content (AvgIpc) is 2.75. The van der Waals surface area contributed by atoms with E-state index in [2.05, 4.69) is 23.6 Å². The number of aryl methyl sites for hydroxylation is 2. The van der Waals surface area contributed by atoms with Crippen LogP contribution in [0.5, 0.6) is 0 Å².